The number of nitro groups is 1. The molecule has 0 aliphatic rings. The molecule has 0 radical (unpaired) electrons. The Labute approximate surface area is 110 Å². The summed E-state index contributed by atoms with van der Waals surface area (Å²) in [5.41, 5.74) is 4.70. The van der Waals surface area contributed by atoms with Crippen molar-refractivity contribution in [2.75, 3.05) is 5.73 Å². The summed E-state index contributed by atoms with van der Waals surface area (Å²) in [7, 11) is 0. The van der Waals surface area contributed by atoms with Gasteiger partial charge in [-0.25, -0.2) is 4.98 Å². The lowest BCUT2D eigenvalue weighted by Gasteiger charge is -2.03. The molecular weight excluding hydrogens is 360 g/mol. The summed E-state index contributed by atoms with van der Waals surface area (Å²) in [4.78, 5) is 27.8. The number of fused-ring (bicyclic) bond motifs is 1. The summed E-state index contributed by atoms with van der Waals surface area (Å²) in [5, 5.41) is 11.0. The first-order valence-electron chi connectivity index (χ1n) is 4.23. The number of rotatable bonds is 1. The zero-order valence-corrected chi connectivity index (χ0v) is 11.2. The normalized spacial score (nSPS) is 10.7. The largest absolute Gasteiger partial charge is 0.379 e. The molecule has 0 aliphatic carbocycles. The van der Waals surface area contributed by atoms with Crippen molar-refractivity contribution in [3.05, 3.63) is 35.5 Å². The van der Waals surface area contributed by atoms with E-state index in [1.165, 1.54) is 6.07 Å². The van der Waals surface area contributed by atoms with Gasteiger partial charge in [-0.05, 0) is 37.9 Å². The number of nitrogens with zero attached hydrogens (tertiary/aromatic N) is 2. The predicted molar refractivity (Wildman–Crippen MR) is 68.8 cm³/mol. The number of anilines is 1. The standard InChI is InChI=1S/C8H4Br2N4O3/c9-2-1-3-5(6(4(2)10)14(16)17)13-8(15)7(11)12-3/h1H,(H2,11,12)(H,13,15). The minimum Gasteiger partial charge on any atom is -0.379 e. The Morgan fingerprint density at radius 1 is 1.47 bits per heavy atom. The molecule has 0 unspecified atom stereocenters. The van der Waals surface area contributed by atoms with Crippen LogP contribution in [0.5, 0.6) is 0 Å². The number of hydrogen-bond donors (Lipinski definition) is 2. The number of aromatic amines is 1. The van der Waals surface area contributed by atoms with Gasteiger partial charge in [-0.3, -0.25) is 14.9 Å². The van der Waals surface area contributed by atoms with Gasteiger partial charge in [0.05, 0.1) is 10.4 Å². The molecule has 0 fully saturated rings. The number of nitrogens with two attached hydrogens (primary N) is 1. The van der Waals surface area contributed by atoms with Crippen LogP contribution >= 0.6 is 31.9 Å². The lowest BCUT2D eigenvalue weighted by molar-refractivity contribution is -0.384. The highest BCUT2D eigenvalue weighted by Gasteiger charge is 2.22. The maximum Gasteiger partial charge on any atom is 0.310 e. The van der Waals surface area contributed by atoms with Crippen LogP contribution in [0, 0.1) is 10.1 Å². The highest BCUT2D eigenvalue weighted by atomic mass is 79.9. The quantitative estimate of drug-likeness (QED) is 0.593. The van der Waals surface area contributed by atoms with Crippen molar-refractivity contribution in [3.8, 4) is 0 Å². The van der Waals surface area contributed by atoms with Gasteiger partial charge in [0.1, 0.15) is 9.99 Å². The van der Waals surface area contributed by atoms with E-state index in [2.05, 4.69) is 41.8 Å². The van der Waals surface area contributed by atoms with Gasteiger partial charge in [-0.2, -0.15) is 0 Å². The van der Waals surface area contributed by atoms with Crippen molar-refractivity contribution >= 4 is 54.4 Å². The highest BCUT2D eigenvalue weighted by molar-refractivity contribution is 9.13. The lowest BCUT2D eigenvalue weighted by Crippen LogP contribution is -2.14. The van der Waals surface area contributed by atoms with E-state index in [4.69, 9.17) is 5.73 Å². The third-order valence-electron chi connectivity index (χ3n) is 2.07. The Morgan fingerprint density at radius 3 is 2.71 bits per heavy atom. The molecule has 0 bridgehead atoms. The van der Waals surface area contributed by atoms with E-state index in [9.17, 15) is 14.9 Å². The van der Waals surface area contributed by atoms with Crippen molar-refractivity contribution in [2.24, 2.45) is 0 Å². The zero-order chi connectivity index (χ0) is 12.7. The second-order valence-electron chi connectivity index (χ2n) is 3.12. The van der Waals surface area contributed by atoms with Crippen molar-refractivity contribution in [3.63, 3.8) is 0 Å². The van der Waals surface area contributed by atoms with E-state index in [-0.39, 0.29) is 27.0 Å². The average Bonchev–Trinajstić information content (AvgIpc) is 2.23. The van der Waals surface area contributed by atoms with Gasteiger partial charge in [0.2, 0.25) is 0 Å². The Hall–Kier alpha value is -1.48. The number of benzene rings is 1. The first kappa shape index (κ1) is 12.0. The van der Waals surface area contributed by atoms with Crippen molar-refractivity contribution in [1.29, 1.82) is 0 Å². The number of nitro benzene ring substituents is 1. The number of H-pyrrole nitrogens is 1. The molecule has 0 spiro atoms. The van der Waals surface area contributed by atoms with Gasteiger partial charge >= 0.3 is 5.69 Å². The minimum atomic E-state index is -0.658. The summed E-state index contributed by atoms with van der Waals surface area (Å²) in [5.74, 6) is -0.235. The van der Waals surface area contributed by atoms with Crippen LogP contribution in [0.2, 0.25) is 0 Å². The maximum atomic E-state index is 11.3. The fraction of sp³-hybridized carbons (Fsp3) is 0. The summed E-state index contributed by atoms with van der Waals surface area (Å²) < 4.78 is 0.688. The maximum absolute atomic E-state index is 11.3. The van der Waals surface area contributed by atoms with Gasteiger partial charge < -0.3 is 10.7 Å². The number of nitrogen functional groups attached to an aromatic ring is 1. The van der Waals surface area contributed by atoms with E-state index in [1.807, 2.05) is 0 Å². The van der Waals surface area contributed by atoms with Crippen molar-refractivity contribution in [1.82, 2.24) is 9.97 Å². The second-order valence-corrected chi connectivity index (χ2v) is 4.77. The summed E-state index contributed by atoms with van der Waals surface area (Å²) >= 11 is 6.23. The molecule has 0 atom stereocenters. The van der Waals surface area contributed by atoms with Crippen LogP contribution < -0.4 is 11.3 Å². The molecule has 9 heteroatoms. The van der Waals surface area contributed by atoms with Gasteiger partial charge in [0, 0.05) is 4.47 Å². The van der Waals surface area contributed by atoms with Gasteiger partial charge in [-0.15, -0.1) is 0 Å². The fourth-order valence-electron chi connectivity index (χ4n) is 1.34. The number of halogens is 2. The van der Waals surface area contributed by atoms with Crippen LogP contribution in [-0.4, -0.2) is 14.9 Å². The molecule has 88 valence electrons. The van der Waals surface area contributed by atoms with Crippen LogP contribution in [0.25, 0.3) is 11.0 Å². The monoisotopic (exact) mass is 362 g/mol. The minimum absolute atomic E-state index is 0.0317. The average molecular weight is 364 g/mol. The van der Waals surface area contributed by atoms with Gasteiger partial charge in [0.25, 0.3) is 5.56 Å². The molecule has 2 aromatic rings. The Morgan fingerprint density at radius 2 is 2.12 bits per heavy atom. The summed E-state index contributed by atoms with van der Waals surface area (Å²) in [6, 6.07) is 1.53. The molecule has 7 nitrogen and oxygen atoms in total. The van der Waals surface area contributed by atoms with E-state index >= 15 is 0 Å². The van der Waals surface area contributed by atoms with E-state index in [0.717, 1.165) is 0 Å². The van der Waals surface area contributed by atoms with Crippen LogP contribution in [0.4, 0.5) is 11.5 Å². The highest BCUT2D eigenvalue weighted by Crippen LogP contribution is 2.37. The molecule has 3 N–H and O–H groups in total. The molecule has 0 aliphatic heterocycles. The van der Waals surface area contributed by atoms with Gasteiger partial charge in [-0.1, -0.05) is 0 Å². The molecule has 0 saturated heterocycles. The summed E-state index contributed by atoms with van der Waals surface area (Å²) in [6.07, 6.45) is 0. The third kappa shape index (κ3) is 1.91. The SMILES string of the molecule is Nc1nc2cc(Br)c(Br)c([N+](=O)[O-])c2[nH]c1=O. The Balaban J connectivity index is 3.03. The van der Waals surface area contributed by atoms with Crippen LogP contribution in [-0.2, 0) is 0 Å². The van der Waals surface area contributed by atoms with Crippen molar-refractivity contribution in [2.45, 2.75) is 0 Å². The van der Waals surface area contributed by atoms with E-state index in [1.54, 1.807) is 0 Å². The smallest absolute Gasteiger partial charge is 0.310 e. The molecule has 1 aromatic heterocycles. The molecule has 1 heterocycles. The fourth-order valence-corrected chi connectivity index (χ4v) is 2.20. The van der Waals surface area contributed by atoms with Gasteiger partial charge in [0.15, 0.2) is 5.82 Å². The predicted octanol–water partition coefficient (Wildman–Crippen LogP) is 1.94. The van der Waals surface area contributed by atoms with Crippen LogP contribution in [0.1, 0.15) is 0 Å². The summed E-state index contributed by atoms with van der Waals surface area (Å²) in [6.45, 7) is 0. The first-order chi connectivity index (χ1) is 7.91. The van der Waals surface area contributed by atoms with Crippen molar-refractivity contribution < 1.29 is 4.92 Å². The van der Waals surface area contributed by atoms with Crippen LogP contribution in [0.15, 0.2) is 19.8 Å². The molecule has 1 aromatic carbocycles. The lowest BCUT2D eigenvalue weighted by atomic mass is 10.2. The first-order valence-corrected chi connectivity index (χ1v) is 5.82. The molecular formula is C8H4Br2N4O3. The molecule has 2 rings (SSSR count). The second kappa shape index (κ2) is 4.08. The molecule has 0 saturated carbocycles. The van der Waals surface area contributed by atoms with E-state index in [0.29, 0.717) is 4.47 Å². The topological polar surface area (TPSA) is 115 Å². The van der Waals surface area contributed by atoms with Crippen LogP contribution in [0.3, 0.4) is 0 Å². The van der Waals surface area contributed by atoms with E-state index < -0.39 is 10.5 Å². The Bertz CT molecular complexity index is 697. The Kier molecular flexibility index (Phi) is 2.87. The molecule has 17 heavy (non-hydrogen) atoms. The third-order valence-corrected chi connectivity index (χ3v) is 4.03. The zero-order valence-electron chi connectivity index (χ0n) is 8.03. The number of hydrogen-bond acceptors (Lipinski definition) is 5. The number of aromatic nitrogens is 2. The molecule has 0 amide bonds. The number of nitrogens with one attached hydrogen (secondary N) is 1.